The molecule has 0 aliphatic heterocycles. The number of methoxy groups -OCH3 is 1. The standard InChI is InChI=1S/C23H18F4N6O3/c1-36-10-15-18(9-34)33-20(21(28)29-11-30-33)19(15)12-2-5-14(6-3-12)31-22(35)32-17-8-13(23(25,26)27)4-7-16(17)24/h2-9,11H,10H2,1H3,(H2,28,29,30)(H2,31,32,35). The van der Waals surface area contributed by atoms with Crippen molar-refractivity contribution in [3.63, 3.8) is 0 Å². The Balaban J connectivity index is 1.61. The summed E-state index contributed by atoms with van der Waals surface area (Å²) >= 11 is 0. The number of alkyl halides is 3. The van der Waals surface area contributed by atoms with Gasteiger partial charge >= 0.3 is 12.2 Å². The number of fused-ring (bicyclic) bond motifs is 1. The van der Waals surface area contributed by atoms with Crippen LogP contribution in [-0.4, -0.2) is 34.0 Å². The minimum absolute atomic E-state index is 0.0805. The molecule has 4 aromatic rings. The lowest BCUT2D eigenvalue weighted by atomic mass is 10.0. The summed E-state index contributed by atoms with van der Waals surface area (Å²) in [4.78, 5) is 28.1. The summed E-state index contributed by atoms with van der Waals surface area (Å²) in [7, 11) is 1.47. The van der Waals surface area contributed by atoms with Gasteiger partial charge in [-0.15, -0.1) is 0 Å². The van der Waals surface area contributed by atoms with Crippen molar-refractivity contribution in [2.24, 2.45) is 0 Å². The molecular weight excluding hydrogens is 484 g/mol. The highest BCUT2D eigenvalue weighted by molar-refractivity contribution is 6.00. The van der Waals surface area contributed by atoms with Crippen molar-refractivity contribution in [1.82, 2.24) is 14.6 Å². The number of carbonyl (C=O) groups is 2. The van der Waals surface area contributed by atoms with Crippen molar-refractivity contribution >= 4 is 35.0 Å². The lowest BCUT2D eigenvalue weighted by molar-refractivity contribution is -0.137. The summed E-state index contributed by atoms with van der Waals surface area (Å²) in [6.07, 6.45) is -2.85. The summed E-state index contributed by atoms with van der Waals surface area (Å²) in [5, 5.41) is 8.59. The van der Waals surface area contributed by atoms with Crippen LogP contribution in [0.4, 0.5) is 39.5 Å². The van der Waals surface area contributed by atoms with Gasteiger partial charge in [0.1, 0.15) is 23.4 Å². The lowest BCUT2D eigenvalue weighted by Crippen LogP contribution is -2.20. The van der Waals surface area contributed by atoms with Crippen LogP contribution in [0.1, 0.15) is 21.6 Å². The first kappa shape index (κ1) is 24.6. The first-order valence-electron chi connectivity index (χ1n) is 10.3. The van der Waals surface area contributed by atoms with Crippen LogP contribution in [0.5, 0.6) is 0 Å². The summed E-state index contributed by atoms with van der Waals surface area (Å²) in [5.41, 5.74) is 6.90. The number of ether oxygens (including phenoxy) is 1. The van der Waals surface area contributed by atoms with Crippen LogP contribution < -0.4 is 16.4 Å². The van der Waals surface area contributed by atoms with E-state index in [0.29, 0.717) is 46.7 Å². The normalized spacial score (nSPS) is 11.5. The maximum absolute atomic E-state index is 13.9. The Morgan fingerprint density at radius 2 is 1.89 bits per heavy atom. The maximum Gasteiger partial charge on any atom is 0.416 e. The van der Waals surface area contributed by atoms with E-state index < -0.39 is 29.3 Å². The lowest BCUT2D eigenvalue weighted by Gasteiger charge is -2.12. The van der Waals surface area contributed by atoms with Gasteiger partial charge in [-0.3, -0.25) is 4.79 Å². The number of amides is 2. The van der Waals surface area contributed by atoms with Gasteiger partial charge < -0.3 is 21.1 Å². The molecule has 0 bridgehead atoms. The highest BCUT2D eigenvalue weighted by Crippen LogP contribution is 2.36. The van der Waals surface area contributed by atoms with Gasteiger partial charge in [0.15, 0.2) is 12.1 Å². The topological polar surface area (TPSA) is 124 Å². The molecule has 2 aromatic heterocycles. The first-order valence-corrected chi connectivity index (χ1v) is 10.3. The number of anilines is 3. The molecule has 0 fully saturated rings. The van der Waals surface area contributed by atoms with Gasteiger partial charge in [-0.25, -0.2) is 18.7 Å². The summed E-state index contributed by atoms with van der Waals surface area (Å²) < 4.78 is 59.2. The number of carbonyl (C=O) groups excluding carboxylic acids is 2. The zero-order chi connectivity index (χ0) is 26.0. The molecule has 4 rings (SSSR count). The van der Waals surface area contributed by atoms with Crippen LogP contribution in [0.3, 0.4) is 0 Å². The molecule has 4 N–H and O–H groups in total. The van der Waals surface area contributed by atoms with Crippen molar-refractivity contribution in [1.29, 1.82) is 0 Å². The number of halogens is 4. The van der Waals surface area contributed by atoms with E-state index >= 15 is 0 Å². The molecule has 186 valence electrons. The molecule has 0 saturated heterocycles. The van der Waals surface area contributed by atoms with E-state index in [1.165, 1.54) is 30.1 Å². The van der Waals surface area contributed by atoms with E-state index in [-0.39, 0.29) is 23.8 Å². The van der Waals surface area contributed by atoms with Crippen LogP contribution in [-0.2, 0) is 17.5 Å². The Bertz CT molecular complexity index is 1450. The Kier molecular flexibility index (Phi) is 6.57. The van der Waals surface area contributed by atoms with Crippen molar-refractivity contribution in [3.05, 3.63) is 71.4 Å². The summed E-state index contributed by atoms with van der Waals surface area (Å²) in [5.74, 6) is -0.888. The average molecular weight is 502 g/mol. The van der Waals surface area contributed by atoms with Gasteiger partial charge in [0, 0.05) is 23.9 Å². The fourth-order valence-electron chi connectivity index (χ4n) is 3.71. The van der Waals surface area contributed by atoms with Gasteiger partial charge in [0.2, 0.25) is 0 Å². The third kappa shape index (κ3) is 4.68. The predicted octanol–water partition coefficient (Wildman–Crippen LogP) is 4.74. The van der Waals surface area contributed by atoms with Crippen LogP contribution >= 0.6 is 0 Å². The molecule has 2 aromatic carbocycles. The molecule has 0 aliphatic carbocycles. The molecular formula is C23H18F4N6O3. The highest BCUT2D eigenvalue weighted by atomic mass is 19.4. The highest BCUT2D eigenvalue weighted by Gasteiger charge is 2.31. The Labute approximate surface area is 200 Å². The third-order valence-electron chi connectivity index (χ3n) is 5.27. The van der Waals surface area contributed by atoms with Gasteiger partial charge in [-0.05, 0) is 35.9 Å². The number of rotatable bonds is 6. The van der Waals surface area contributed by atoms with E-state index in [0.717, 1.165) is 0 Å². The zero-order valence-electron chi connectivity index (χ0n) is 18.6. The summed E-state index contributed by atoms with van der Waals surface area (Å²) in [6, 6.07) is 7.02. The molecule has 13 heteroatoms. The molecule has 2 heterocycles. The van der Waals surface area contributed by atoms with E-state index in [9.17, 15) is 27.2 Å². The Hall–Kier alpha value is -4.52. The van der Waals surface area contributed by atoms with Crippen LogP contribution in [0, 0.1) is 5.82 Å². The molecule has 0 radical (unpaired) electrons. The second-order valence-electron chi connectivity index (χ2n) is 7.54. The van der Waals surface area contributed by atoms with Crippen molar-refractivity contribution in [2.75, 3.05) is 23.5 Å². The number of hydrogen-bond acceptors (Lipinski definition) is 6. The first-order chi connectivity index (χ1) is 17.1. The van der Waals surface area contributed by atoms with Gasteiger partial charge in [0.25, 0.3) is 0 Å². The molecule has 0 atom stereocenters. The number of nitrogens with one attached hydrogen (secondary N) is 2. The van der Waals surface area contributed by atoms with E-state index in [2.05, 4.69) is 20.7 Å². The molecule has 0 unspecified atom stereocenters. The number of aldehydes is 1. The minimum atomic E-state index is -4.69. The number of aromatic nitrogens is 3. The smallest absolute Gasteiger partial charge is 0.382 e. The SMILES string of the molecule is COCc1c(-c2ccc(NC(=O)Nc3cc(C(F)(F)F)ccc3F)cc2)c2c(N)ncnn2c1C=O. The number of benzene rings is 2. The monoisotopic (exact) mass is 502 g/mol. The quantitative estimate of drug-likeness (QED) is 0.259. The van der Waals surface area contributed by atoms with E-state index in [1.807, 2.05) is 0 Å². The number of nitrogen functional groups attached to an aromatic ring is 1. The maximum atomic E-state index is 13.9. The zero-order valence-corrected chi connectivity index (χ0v) is 18.6. The van der Waals surface area contributed by atoms with Gasteiger partial charge in [-0.2, -0.15) is 18.3 Å². The minimum Gasteiger partial charge on any atom is -0.382 e. The number of nitrogens with zero attached hydrogens (tertiary/aromatic N) is 3. The van der Waals surface area contributed by atoms with Crippen molar-refractivity contribution in [3.8, 4) is 11.1 Å². The second kappa shape index (κ2) is 9.62. The number of urea groups is 1. The van der Waals surface area contributed by atoms with Crippen LogP contribution in [0.2, 0.25) is 0 Å². The number of nitrogens with two attached hydrogens (primary N) is 1. The van der Waals surface area contributed by atoms with Crippen LogP contribution in [0.15, 0.2) is 48.8 Å². The van der Waals surface area contributed by atoms with Gasteiger partial charge in [0.05, 0.1) is 17.9 Å². The molecule has 2 amide bonds. The summed E-state index contributed by atoms with van der Waals surface area (Å²) in [6.45, 7) is 0.0805. The number of hydrogen-bond donors (Lipinski definition) is 3. The molecule has 0 spiro atoms. The van der Waals surface area contributed by atoms with Gasteiger partial charge in [-0.1, -0.05) is 12.1 Å². The van der Waals surface area contributed by atoms with E-state index in [1.54, 1.807) is 12.1 Å². The van der Waals surface area contributed by atoms with Crippen molar-refractivity contribution < 1.29 is 31.9 Å². The fraction of sp³-hybridized carbons (Fsp3) is 0.130. The Morgan fingerprint density at radius 1 is 1.17 bits per heavy atom. The van der Waals surface area contributed by atoms with Crippen molar-refractivity contribution in [2.45, 2.75) is 12.8 Å². The third-order valence-corrected chi connectivity index (χ3v) is 5.27. The predicted molar refractivity (Wildman–Crippen MR) is 123 cm³/mol. The largest absolute Gasteiger partial charge is 0.416 e. The molecule has 0 saturated carbocycles. The fourth-order valence-corrected chi connectivity index (χ4v) is 3.71. The molecule has 9 nitrogen and oxygen atoms in total. The van der Waals surface area contributed by atoms with Crippen LogP contribution in [0.25, 0.3) is 16.6 Å². The Morgan fingerprint density at radius 3 is 2.53 bits per heavy atom. The second-order valence-corrected chi connectivity index (χ2v) is 7.54. The molecule has 36 heavy (non-hydrogen) atoms. The molecule has 0 aliphatic rings. The van der Waals surface area contributed by atoms with E-state index in [4.69, 9.17) is 10.5 Å². The average Bonchev–Trinajstić information content (AvgIpc) is 3.15.